The van der Waals surface area contributed by atoms with Gasteiger partial charge in [0.15, 0.2) is 0 Å². The number of hydrogen-bond acceptors (Lipinski definition) is 3. The minimum Gasteiger partial charge on any atom is -0.377 e. The highest BCUT2D eigenvalue weighted by Crippen LogP contribution is 2.52. The van der Waals surface area contributed by atoms with E-state index in [1.54, 1.807) is 0 Å². The van der Waals surface area contributed by atoms with Gasteiger partial charge in [-0.2, -0.15) is 0 Å². The Labute approximate surface area is 109 Å². The highest BCUT2D eigenvalue weighted by Gasteiger charge is 2.59. The molecule has 2 heterocycles. The van der Waals surface area contributed by atoms with Crippen molar-refractivity contribution >= 4 is 0 Å². The van der Waals surface area contributed by atoms with Gasteiger partial charge in [0.25, 0.3) is 0 Å². The Kier molecular flexibility index (Phi) is 2.94. The number of ether oxygens (including phenoxy) is 1. The SMILES string of the molecule is CCC(NC1C2CCOC2C1(C)C)c1ncc[nH]1. The third-order valence-corrected chi connectivity index (χ3v) is 4.74. The smallest absolute Gasteiger partial charge is 0.123 e. The van der Waals surface area contributed by atoms with Crippen LogP contribution in [0.15, 0.2) is 12.4 Å². The molecule has 2 fully saturated rings. The molecule has 1 saturated carbocycles. The van der Waals surface area contributed by atoms with Crippen LogP contribution in [0.3, 0.4) is 0 Å². The van der Waals surface area contributed by atoms with Gasteiger partial charge in [-0.05, 0) is 12.8 Å². The molecule has 4 unspecified atom stereocenters. The van der Waals surface area contributed by atoms with Gasteiger partial charge in [0.05, 0.1) is 12.1 Å². The van der Waals surface area contributed by atoms with Gasteiger partial charge >= 0.3 is 0 Å². The number of hydrogen-bond donors (Lipinski definition) is 2. The predicted molar refractivity (Wildman–Crippen MR) is 70.2 cm³/mol. The van der Waals surface area contributed by atoms with Gasteiger partial charge in [0.1, 0.15) is 5.82 Å². The van der Waals surface area contributed by atoms with Crippen LogP contribution in [0.5, 0.6) is 0 Å². The fraction of sp³-hybridized carbons (Fsp3) is 0.786. The van der Waals surface area contributed by atoms with E-state index in [0.29, 0.717) is 24.1 Å². The van der Waals surface area contributed by atoms with E-state index in [9.17, 15) is 0 Å². The number of nitrogens with one attached hydrogen (secondary N) is 2. The van der Waals surface area contributed by atoms with E-state index in [1.165, 1.54) is 6.42 Å². The highest BCUT2D eigenvalue weighted by molar-refractivity contribution is 5.13. The van der Waals surface area contributed by atoms with E-state index in [0.717, 1.165) is 18.9 Å². The largest absolute Gasteiger partial charge is 0.377 e. The maximum atomic E-state index is 5.84. The molecule has 3 rings (SSSR count). The molecule has 4 atom stereocenters. The molecule has 1 aliphatic heterocycles. The van der Waals surface area contributed by atoms with Crippen molar-refractivity contribution in [3.63, 3.8) is 0 Å². The summed E-state index contributed by atoms with van der Waals surface area (Å²) in [4.78, 5) is 7.61. The number of nitrogens with zero attached hydrogens (tertiary/aromatic N) is 1. The average Bonchev–Trinajstić information content (AvgIpc) is 2.98. The van der Waals surface area contributed by atoms with Crippen molar-refractivity contribution in [2.45, 2.75) is 51.8 Å². The first-order valence-electron chi connectivity index (χ1n) is 7.01. The van der Waals surface area contributed by atoms with Gasteiger partial charge in [0.2, 0.25) is 0 Å². The Morgan fingerprint density at radius 2 is 2.44 bits per heavy atom. The number of rotatable bonds is 4. The molecule has 0 bridgehead atoms. The third kappa shape index (κ3) is 1.70. The minimum absolute atomic E-state index is 0.237. The van der Waals surface area contributed by atoms with Crippen LogP contribution < -0.4 is 5.32 Å². The number of H-pyrrole nitrogens is 1. The minimum atomic E-state index is 0.237. The lowest BCUT2D eigenvalue weighted by Gasteiger charge is -2.55. The number of fused-ring (bicyclic) bond motifs is 1. The summed E-state index contributed by atoms with van der Waals surface area (Å²) in [6.45, 7) is 7.75. The van der Waals surface area contributed by atoms with Crippen molar-refractivity contribution in [3.8, 4) is 0 Å². The van der Waals surface area contributed by atoms with E-state index in [-0.39, 0.29) is 5.41 Å². The summed E-state index contributed by atoms with van der Waals surface area (Å²) < 4.78 is 5.84. The zero-order valence-electron chi connectivity index (χ0n) is 11.4. The quantitative estimate of drug-likeness (QED) is 0.860. The van der Waals surface area contributed by atoms with E-state index in [2.05, 4.69) is 36.1 Å². The van der Waals surface area contributed by atoms with Crippen LogP contribution in [-0.2, 0) is 4.74 Å². The average molecular weight is 249 g/mol. The molecule has 1 aliphatic carbocycles. The van der Waals surface area contributed by atoms with Crippen LogP contribution in [0.4, 0.5) is 0 Å². The Balaban J connectivity index is 1.72. The second kappa shape index (κ2) is 4.35. The van der Waals surface area contributed by atoms with Crippen molar-refractivity contribution in [3.05, 3.63) is 18.2 Å². The number of imidazole rings is 1. The van der Waals surface area contributed by atoms with Gasteiger partial charge in [-0.3, -0.25) is 0 Å². The maximum absolute atomic E-state index is 5.84. The summed E-state index contributed by atoms with van der Waals surface area (Å²) in [6, 6.07) is 0.867. The molecule has 0 amide bonds. The number of aromatic nitrogens is 2. The molecule has 0 radical (unpaired) electrons. The lowest BCUT2D eigenvalue weighted by molar-refractivity contribution is -0.116. The molecule has 18 heavy (non-hydrogen) atoms. The van der Waals surface area contributed by atoms with Crippen molar-refractivity contribution in [2.75, 3.05) is 6.61 Å². The first-order valence-corrected chi connectivity index (χ1v) is 7.01. The van der Waals surface area contributed by atoms with E-state index >= 15 is 0 Å². The normalized spacial score (nSPS) is 34.9. The predicted octanol–water partition coefficient (Wildman–Crippen LogP) is 2.26. The monoisotopic (exact) mass is 249 g/mol. The molecular weight excluding hydrogens is 226 g/mol. The molecule has 100 valence electrons. The molecule has 1 saturated heterocycles. The van der Waals surface area contributed by atoms with Crippen LogP contribution in [0.1, 0.15) is 45.5 Å². The van der Waals surface area contributed by atoms with Crippen LogP contribution in [0, 0.1) is 11.3 Å². The first kappa shape index (κ1) is 12.2. The lowest BCUT2D eigenvalue weighted by Crippen LogP contribution is -2.66. The summed E-state index contributed by atoms with van der Waals surface area (Å²) >= 11 is 0. The van der Waals surface area contributed by atoms with Gasteiger partial charge in [0, 0.05) is 36.4 Å². The third-order valence-electron chi connectivity index (χ3n) is 4.74. The zero-order valence-corrected chi connectivity index (χ0v) is 11.4. The van der Waals surface area contributed by atoms with E-state index < -0.39 is 0 Å². The molecule has 1 aromatic heterocycles. The lowest BCUT2D eigenvalue weighted by atomic mass is 9.57. The number of aromatic amines is 1. The molecule has 4 nitrogen and oxygen atoms in total. The van der Waals surface area contributed by atoms with Crippen LogP contribution >= 0.6 is 0 Å². The zero-order chi connectivity index (χ0) is 12.8. The second-order valence-corrected chi connectivity index (χ2v) is 6.14. The van der Waals surface area contributed by atoms with E-state index in [4.69, 9.17) is 4.74 Å². The summed E-state index contributed by atoms with van der Waals surface area (Å²) in [5.41, 5.74) is 0.237. The first-order chi connectivity index (χ1) is 8.64. The Morgan fingerprint density at radius 3 is 3.11 bits per heavy atom. The summed E-state index contributed by atoms with van der Waals surface area (Å²) in [6.07, 6.45) is 6.42. The molecule has 1 aromatic rings. The Bertz CT molecular complexity index is 401. The van der Waals surface area contributed by atoms with Gasteiger partial charge in [-0.1, -0.05) is 20.8 Å². The molecule has 2 N–H and O–H groups in total. The molecule has 2 aliphatic rings. The van der Waals surface area contributed by atoms with Crippen LogP contribution in [0.25, 0.3) is 0 Å². The fourth-order valence-electron chi connectivity index (χ4n) is 3.74. The van der Waals surface area contributed by atoms with Crippen LogP contribution in [-0.4, -0.2) is 28.7 Å². The standard InChI is InChI=1S/C14H23N3O/c1-4-10(13-15-6-7-16-13)17-11-9-5-8-18-12(9)14(11,2)3/h6-7,9-12,17H,4-5,8H2,1-3H3,(H,15,16). The Hall–Kier alpha value is -0.870. The van der Waals surface area contributed by atoms with Crippen molar-refractivity contribution in [1.29, 1.82) is 0 Å². The van der Waals surface area contributed by atoms with Gasteiger partial charge in [-0.25, -0.2) is 4.98 Å². The summed E-state index contributed by atoms with van der Waals surface area (Å²) in [5, 5.41) is 3.79. The van der Waals surface area contributed by atoms with Gasteiger partial charge in [-0.15, -0.1) is 0 Å². The summed E-state index contributed by atoms with van der Waals surface area (Å²) in [7, 11) is 0. The van der Waals surface area contributed by atoms with Gasteiger partial charge < -0.3 is 15.0 Å². The molecule has 0 spiro atoms. The van der Waals surface area contributed by atoms with Crippen molar-refractivity contribution in [1.82, 2.24) is 15.3 Å². The maximum Gasteiger partial charge on any atom is 0.123 e. The topological polar surface area (TPSA) is 49.9 Å². The van der Waals surface area contributed by atoms with Crippen molar-refractivity contribution < 1.29 is 4.74 Å². The van der Waals surface area contributed by atoms with E-state index in [1.807, 2.05) is 12.4 Å². The fourth-order valence-corrected chi connectivity index (χ4v) is 3.74. The second-order valence-electron chi connectivity index (χ2n) is 6.14. The molecule has 0 aromatic carbocycles. The molecule has 4 heteroatoms. The Morgan fingerprint density at radius 1 is 1.61 bits per heavy atom. The highest BCUT2D eigenvalue weighted by atomic mass is 16.5. The van der Waals surface area contributed by atoms with Crippen LogP contribution in [0.2, 0.25) is 0 Å². The molecular formula is C14H23N3O. The summed E-state index contributed by atoms with van der Waals surface area (Å²) in [5.74, 6) is 1.74. The van der Waals surface area contributed by atoms with Crippen molar-refractivity contribution in [2.24, 2.45) is 11.3 Å².